The highest BCUT2D eigenvalue weighted by Gasteiger charge is 2.25. The van der Waals surface area contributed by atoms with Gasteiger partial charge in [-0.1, -0.05) is 24.3 Å². The second-order valence-electron chi connectivity index (χ2n) is 7.24. The predicted octanol–water partition coefficient (Wildman–Crippen LogP) is 1.87. The first-order chi connectivity index (χ1) is 14.2. The normalized spacial score (nSPS) is 16.6. The van der Waals surface area contributed by atoms with Crippen LogP contribution in [0.15, 0.2) is 60.0 Å². The van der Waals surface area contributed by atoms with Gasteiger partial charge in [0.25, 0.3) is 5.91 Å². The lowest BCUT2D eigenvalue weighted by Gasteiger charge is -2.35. The molecule has 29 heavy (non-hydrogen) atoms. The average molecular weight is 391 g/mol. The van der Waals surface area contributed by atoms with E-state index >= 15 is 0 Å². The zero-order valence-corrected chi connectivity index (χ0v) is 16.5. The van der Waals surface area contributed by atoms with Gasteiger partial charge in [-0.2, -0.15) is 0 Å². The van der Waals surface area contributed by atoms with Gasteiger partial charge in [0.2, 0.25) is 0 Å². The largest absolute Gasteiger partial charge is 0.387 e. The topological polar surface area (TPSA) is 73.4 Å². The van der Waals surface area contributed by atoms with Crippen LogP contribution in [0.1, 0.15) is 27.6 Å². The van der Waals surface area contributed by atoms with E-state index in [1.54, 1.807) is 19.5 Å². The molecule has 3 aromatic rings. The highest BCUT2D eigenvalue weighted by molar-refractivity contribution is 5.99. The third-order valence-electron chi connectivity index (χ3n) is 5.34. The van der Waals surface area contributed by atoms with E-state index in [4.69, 9.17) is 0 Å². The third kappa shape index (κ3) is 4.21. The van der Waals surface area contributed by atoms with E-state index in [-0.39, 0.29) is 5.91 Å². The summed E-state index contributed by atoms with van der Waals surface area (Å²) >= 11 is 0. The van der Waals surface area contributed by atoms with Crippen molar-refractivity contribution in [2.75, 3.05) is 39.8 Å². The minimum atomic E-state index is -0.552. The molecule has 1 unspecified atom stereocenters. The summed E-state index contributed by atoms with van der Waals surface area (Å²) in [5.41, 5.74) is 3.22. The van der Waals surface area contributed by atoms with Crippen LogP contribution in [-0.2, 0) is 0 Å². The summed E-state index contributed by atoms with van der Waals surface area (Å²) in [5, 5.41) is 10.6. The van der Waals surface area contributed by atoms with Gasteiger partial charge < -0.3 is 14.4 Å². The molecule has 0 radical (unpaired) electrons. The van der Waals surface area contributed by atoms with Crippen molar-refractivity contribution in [1.29, 1.82) is 0 Å². The number of carbonyl (C=O) groups excluding carboxylic acids is 1. The second kappa shape index (κ2) is 8.55. The molecule has 1 aliphatic rings. The van der Waals surface area contributed by atoms with Crippen LogP contribution in [0.2, 0.25) is 0 Å². The Hall–Kier alpha value is -3.03. The van der Waals surface area contributed by atoms with Crippen LogP contribution >= 0.6 is 0 Å². The number of aliphatic imine (C=N–C) groups is 1. The first kappa shape index (κ1) is 19.3. The summed E-state index contributed by atoms with van der Waals surface area (Å²) in [4.78, 5) is 25.3. The fourth-order valence-corrected chi connectivity index (χ4v) is 3.72. The van der Waals surface area contributed by atoms with Gasteiger partial charge in [0.1, 0.15) is 5.65 Å². The van der Waals surface area contributed by atoms with Gasteiger partial charge in [-0.25, -0.2) is 4.98 Å². The number of β-amino-alcohol motifs (C(OH)–C–C–N with tert-alkyl or cyclic N) is 1. The van der Waals surface area contributed by atoms with Crippen molar-refractivity contribution < 1.29 is 9.90 Å². The Labute approximate surface area is 169 Å². The molecule has 0 aliphatic carbocycles. The van der Waals surface area contributed by atoms with Crippen LogP contribution in [0.3, 0.4) is 0 Å². The lowest BCUT2D eigenvalue weighted by Crippen LogP contribution is -2.49. The predicted molar refractivity (Wildman–Crippen MR) is 112 cm³/mol. The Bertz CT molecular complexity index is 1000. The molecule has 1 N–H and O–H groups in total. The summed E-state index contributed by atoms with van der Waals surface area (Å²) in [7, 11) is 1.74. The van der Waals surface area contributed by atoms with E-state index in [0.29, 0.717) is 30.8 Å². The molecular weight excluding hydrogens is 366 g/mol. The summed E-state index contributed by atoms with van der Waals surface area (Å²) in [6.07, 6.45) is 6.67. The van der Waals surface area contributed by atoms with Gasteiger partial charge >= 0.3 is 0 Å². The quantitative estimate of drug-likeness (QED) is 0.674. The molecule has 150 valence electrons. The lowest BCUT2D eigenvalue weighted by molar-refractivity contribution is 0.0528. The zero-order valence-electron chi connectivity index (χ0n) is 16.5. The molecule has 1 fully saturated rings. The Morgan fingerprint density at radius 3 is 2.66 bits per heavy atom. The summed E-state index contributed by atoms with van der Waals surface area (Å²) in [6, 6.07) is 11.5. The van der Waals surface area contributed by atoms with E-state index in [1.807, 2.05) is 58.1 Å². The van der Waals surface area contributed by atoms with Gasteiger partial charge in [-0.05, 0) is 23.3 Å². The number of piperazine rings is 1. The first-order valence-corrected chi connectivity index (χ1v) is 9.79. The molecular formula is C22H25N5O2. The summed E-state index contributed by atoms with van der Waals surface area (Å²) < 4.78 is 1.86. The fourth-order valence-electron chi connectivity index (χ4n) is 3.72. The Balaban J connectivity index is 1.34. The fraction of sp³-hybridized carbons (Fsp3) is 0.318. The molecule has 3 heterocycles. The SMILES string of the molecule is C/N=C/c1ccc(C(O)CN2CCN(C(=O)c3cccn4ccnc34)CC2)cc1. The highest BCUT2D eigenvalue weighted by Crippen LogP contribution is 2.18. The number of aliphatic hydroxyl groups excluding tert-OH is 1. The molecule has 2 aromatic heterocycles. The van der Waals surface area contributed by atoms with Crippen molar-refractivity contribution >= 4 is 17.8 Å². The average Bonchev–Trinajstić information content (AvgIpc) is 3.23. The maximum absolute atomic E-state index is 12.9. The molecule has 1 saturated heterocycles. The smallest absolute Gasteiger partial charge is 0.257 e. The van der Waals surface area contributed by atoms with Crippen LogP contribution in [-0.4, -0.2) is 76.2 Å². The maximum atomic E-state index is 12.9. The van der Waals surface area contributed by atoms with Crippen molar-refractivity contribution in [3.63, 3.8) is 0 Å². The van der Waals surface area contributed by atoms with Crippen molar-refractivity contribution in [2.45, 2.75) is 6.10 Å². The number of nitrogens with zero attached hydrogens (tertiary/aromatic N) is 5. The zero-order chi connectivity index (χ0) is 20.2. The number of rotatable bonds is 5. The van der Waals surface area contributed by atoms with E-state index < -0.39 is 6.10 Å². The molecule has 7 heteroatoms. The number of amides is 1. The number of benzene rings is 1. The molecule has 0 spiro atoms. The first-order valence-electron chi connectivity index (χ1n) is 9.79. The van der Waals surface area contributed by atoms with E-state index in [2.05, 4.69) is 14.9 Å². The minimum Gasteiger partial charge on any atom is -0.387 e. The standard InChI is InChI=1S/C22H25N5O2/c1-23-15-17-4-6-18(7-5-17)20(28)16-25-11-13-27(14-12-25)22(29)19-3-2-9-26-10-8-24-21(19)26/h2-10,15,20,28H,11-14,16H2,1H3/b23-15+. The molecule has 0 saturated carbocycles. The number of fused-ring (bicyclic) bond motifs is 1. The van der Waals surface area contributed by atoms with Crippen LogP contribution in [0.25, 0.3) is 5.65 Å². The summed E-state index contributed by atoms with van der Waals surface area (Å²) in [6.45, 7) is 3.30. The monoisotopic (exact) mass is 391 g/mol. The van der Waals surface area contributed by atoms with Crippen LogP contribution in [0.5, 0.6) is 0 Å². The number of hydrogen-bond acceptors (Lipinski definition) is 5. The molecule has 1 amide bonds. The van der Waals surface area contributed by atoms with E-state index in [1.165, 1.54) is 0 Å². The van der Waals surface area contributed by atoms with Gasteiger partial charge in [-0.3, -0.25) is 14.7 Å². The number of hydrogen-bond donors (Lipinski definition) is 1. The van der Waals surface area contributed by atoms with E-state index in [0.717, 1.165) is 24.2 Å². The third-order valence-corrected chi connectivity index (χ3v) is 5.34. The Kier molecular flexibility index (Phi) is 5.69. The van der Waals surface area contributed by atoms with Crippen molar-refractivity contribution in [1.82, 2.24) is 19.2 Å². The molecule has 4 rings (SSSR count). The van der Waals surface area contributed by atoms with Gasteiger partial charge in [0.15, 0.2) is 0 Å². The molecule has 7 nitrogen and oxygen atoms in total. The summed E-state index contributed by atoms with van der Waals surface area (Å²) in [5.74, 6) is 0.00942. The van der Waals surface area contributed by atoms with Crippen LogP contribution in [0, 0.1) is 0 Å². The highest BCUT2D eigenvalue weighted by atomic mass is 16.3. The maximum Gasteiger partial charge on any atom is 0.257 e. The number of pyridine rings is 1. The van der Waals surface area contributed by atoms with Gasteiger partial charge in [0, 0.05) is 64.6 Å². The number of imidazole rings is 1. The Morgan fingerprint density at radius 1 is 1.17 bits per heavy atom. The molecule has 1 aliphatic heterocycles. The van der Waals surface area contributed by atoms with Crippen molar-refractivity contribution in [3.05, 3.63) is 71.7 Å². The number of aromatic nitrogens is 2. The number of carbonyl (C=O) groups is 1. The Morgan fingerprint density at radius 2 is 1.93 bits per heavy atom. The van der Waals surface area contributed by atoms with Crippen LogP contribution < -0.4 is 0 Å². The molecule has 1 aromatic carbocycles. The van der Waals surface area contributed by atoms with E-state index in [9.17, 15) is 9.90 Å². The van der Waals surface area contributed by atoms with Crippen molar-refractivity contribution in [2.24, 2.45) is 4.99 Å². The molecule has 0 bridgehead atoms. The van der Waals surface area contributed by atoms with Crippen molar-refractivity contribution in [3.8, 4) is 0 Å². The second-order valence-corrected chi connectivity index (χ2v) is 7.24. The van der Waals surface area contributed by atoms with Crippen LogP contribution in [0.4, 0.5) is 0 Å². The lowest BCUT2D eigenvalue weighted by atomic mass is 10.1. The molecule has 1 atom stereocenters. The van der Waals surface area contributed by atoms with Gasteiger partial charge in [-0.15, -0.1) is 0 Å². The van der Waals surface area contributed by atoms with Gasteiger partial charge in [0.05, 0.1) is 11.7 Å². The number of aliphatic hydroxyl groups is 1. The minimum absolute atomic E-state index is 0.00942.